The molecule has 1 heterocycles. The van der Waals surface area contributed by atoms with Crippen LogP contribution in [0.3, 0.4) is 0 Å². The standard InChI is InChI=1S/C13H17NO3/c1-15-11-3-2-10-9(6-16-8-17-10)12(11)13(7-14)4-5-13/h2-3H,4-8,14H2,1H3. The topological polar surface area (TPSA) is 53.7 Å². The maximum absolute atomic E-state index is 5.92. The fourth-order valence-corrected chi connectivity index (χ4v) is 2.59. The van der Waals surface area contributed by atoms with Gasteiger partial charge in [0.15, 0.2) is 6.79 Å². The molecule has 1 fully saturated rings. The van der Waals surface area contributed by atoms with E-state index in [4.69, 9.17) is 19.9 Å². The van der Waals surface area contributed by atoms with Crippen molar-refractivity contribution in [1.82, 2.24) is 0 Å². The molecular formula is C13H17NO3. The first-order chi connectivity index (χ1) is 8.30. The molecule has 2 aliphatic rings. The minimum Gasteiger partial charge on any atom is -0.496 e. The van der Waals surface area contributed by atoms with Crippen molar-refractivity contribution in [3.63, 3.8) is 0 Å². The van der Waals surface area contributed by atoms with Crippen LogP contribution in [0, 0.1) is 0 Å². The van der Waals surface area contributed by atoms with E-state index < -0.39 is 0 Å². The largest absolute Gasteiger partial charge is 0.496 e. The van der Waals surface area contributed by atoms with E-state index in [1.54, 1.807) is 7.11 Å². The lowest BCUT2D eigenvalue weighted by Crippen LogP contribution is -2.24. The van der Waals surface area contributed by atoms with Gasteiger partial charge >= 0.3 is 0 Å². The molecule has 0 amide bonds. The summed E-state index contributed by atoms with van der Waals surface area (Å²) in [6, 6.07) is 3.92. The minimum absolute atomic E-state index is 0.0841. The molecule has 0 atom stereocenters. The molecule has 0 spiro atoms. The van der Waals surface area contributed by atoms with Gasteiger partial charge in [0.1, 0.15) is 11.5 Å². The van der Waals surface area contributed by atoms with Gasteiger partial charge < -0.3 is 19.9 Å². The van der Waals surface area contributed by atoms with E-state index in [0.717, 1.165) is 29.9 Å². The highest BCUT2D eigenvalue weighted by atomic mass is 16.7. The molecule has 0 aromatic heterocycles. The first-order valence-electron chi connectivity index (χ1n) is 5.92. The molecule has 1 aromatic rings. The summed E-state index contributed by atoms with van der Waals surface area (Å²) in [7, 11) is 1.70. The molecule has 1 aliphatic carbocycles. The lowest BCUT2D eigenvalue weighted by molar-refractivity contribution is -0.0172. The van der Waals surface area contributed by atoms with Crippen LogP contribution in [0.15, 0.2) is 12.1 Å². The predicted octanol–water partition coefficient (Wildman–Crippen LogP) is 1.55. The quantitative estimate of drug-likeness (QED) is 0.863. The van der Waals surface area contributed by atoms with Gasteiger partial charge in [-0.2, -0.15) is 0 Å². The van der Waals surface area contributed by atoms with Gasteiger partial charge in [0.05, 0.1) is 13.7 Å². The Morgan fingerprint density at radius 2 is 2.24 bits per heavy atom. The molecule has 0 unspecified atom stereocenters. The number of hydrogen-bond acceptors (Lipinski definition) is 4. The molecule has 1 aromatic carbocycles. The molecule has 2 N–H and O–H groups in total. The predicted molar refractivity (Wildman–Crippen MR) is 63.2 cm³/mol. The summed E-state index contributed by atoms with van der Waals surface area (Å²) in [6.07, 6.45) is 2.24. The number of fused-ring (bicyclic) bond motifs is 1. The van der Waals surface area contributed by atoms with Crippen LogP contribution in [-0.4, -0.2) is 20.4 Å². The number of benzene rings is 1. The van der Waals surface area contributed by atoms with Crippen LogP contribution in [-0.2, 0) is 16.8 Å². The maximum atomic E-state index is 5.92. The average Bonchev–Trinajstić information content (AvgIpc) is 3.18. The molecule has 0 radical (unpaired) electrons. The normalized spacial score (nSPS) is 20.4. The van der Waals surface area contributed by atoms with E-state index in [-0.39, 0.29) is 5.41 Å². The molecule has 4 heteroatoms. The third-order valence-corrected chi connectivity index (χ3v) is 3.77. The summed E-state index contributed by atoms with van der Waals surface area (Å²) in [4.78, 5) is 0. The van der Waals surface area contributed by atoms with Gasteiger partial charge in [-0.15, -0.1) is 0 Å². The fourth-order valence-electron chi connectivity index (χ4n) is 2.59. The monoisotopic (exact) mass is 235 g/mol. The second-order valence-corrected chi connectivity index (χ2v) is 4.71. The molecule has 4 nitrogen and oxygen atoms in total. The van der Waals surface area contributed by atoms with Crippen molar-refractivity contribution in [3.8, 4) is 11.5 Å². The Labute approximate surface area is 101 Å². The van der Waals surface area contributed by atoms with Gasteiger partial charge in [0.2, 0.25) is 0 Å². The molecule has 17 heavy (non-hydrogen) atoms. The van der Waals surface area contributed by atoms with E-state index in [1.807, 2.05) is 12.1 Å². The number of methoxy groups -OCH3 is 1. The van der Waals surface area contributed by atoms with Crippen LogP contribution in [0.5, 0.6) is 11.5 Å². The zero-order valence-electron chi connectivity index (χ0n) is 9.99. The number of rotatable bonds is 3. The van der Waals surface area contributed by atoms with Gasteiger partial charge in [-0.3, -0.25) is 0 Å². The van der Waals surface area contributed by atoms with Crippen molar-refractivity contribution < 1.29 is 14.2 Å². The summed E-state index contributed by atoms with van der Waals surface area (Å²) in [5.41, 5.74) is 8.31. The molecule has 1 saturated carbocycles. The zero-order chi connectivity index (χ0) is 11.9. The zero-order valence-corrected chi connectivity index (χ0v) is 9.99. The van der Waals surface area contributed by atoms with E-state index in [9.17, 15) is 0 Å². The third-order valence-electron chi connectivity index (χ3n) is 3.77. The molecule has 92 valence electrons. The maximum Gasteiger partial charge on any atom is 0.189 e. The summed E-state index contributed by atoms with van der Waals surface area (Å²) in [5.74, 6) is 1.81. The Morgan fingerprint density at radius 1 is 1.41 bits per heavy atom. The Bertz CT molecular complexity index is 441. The average molecular weight is 235 g/mol. The Hall–Kier alpha value is -1.26. The Morgan fingerprint density at radius 3 is 2.88 bits per heavy atom. The fraction of sp³-hybridized carbons (Fsp3) is 0.538. The van der Waals surface area contributed by atoms with Gasteiger partial charge in [-0.1, -0.05) is 0 Å². The van der Waals surface area contributed by atoms with E-state index in [0.29, 0.717) is 19.9 Å². The minimum atomic E-state index is 0.0841. The van der Waals surface area contributed by atoms with Crippen LogP contribution < -0.4 is 15.2 Å². The van der Waals surface area contributed by atoms with Crippen LogP contribution in [0.2, 0.25) is 0 Å². The van der Waals surface area contributed by atoms with Crippen LogP contribution in [0.4, 0.5) is 0 Å². The SMILES string of the molecule is COc1ccc2c(c1C1(CN)CC1)COCO2. The van der Waals surface area contributed by atoms with Gasteiger partial charge in [0.25, 0.3) is 0 Å². The first kappa shape index (κ1) is 10.9. The van der Waals surface area contributed by atoms with Gasteiger partial charge in [0, 0.05) is 23.1 Å². The Kier molecular flexibility index (Phi) is 2.49. The first-order valence-corrected chi connectivity index (χ1v) is 5.92. The third kappa shape index (κ3) is 1.59. The summed E-state index contributed by atoms with van der Waals surface area (Å²) in [5, 5.41) is 0. The van der Waals surface area contributed by atoms with Gasteiger partial charge in [-0.05, 0) is 25.0 Å². The lowest BCUT2D eigenvalue weighted by atomic mass is 9.89. The Balaban J connectivity index is 2.15. The molecule has 3 rings (SSSR count). The van der Waals surface area contributed by atoms with Crippen LogP contribution in [0.25, 0.3) is 0 Å². The van der Waals surface area contributed by atoms with E-state index >= 15 is 0 Å². The summed E-state index contributed by atoms with van der Waals surface area (Å²) >= 11 is 0. The number of ether oxygens (including phenoxy) is 3. The van der Waals surface area contributed by atoms with E-state index in [1.165, 1.54) is 5.56 Å². The second-order valence-electron chi connectivity index (χ2n) is 4.71. The summed E-state index contributed by atoms with van der Waals surface area (Å²) in [6.45, 7) is 1.57. The summed E-state index contributed by atoms with van der Waals surface area (Å²) < 4.78 is 16.4. The van der Waals surface area contributed by atoms with Crippen molar-refractivity contribution in [2.45, 2.75) is 24.9 Å². The smallest absolute Gasteiger partial charge is 0.189 e. The highest BCUT2D eigenvalue weighted by molar-refractivity contribution is 5.55. The highest BCUT2D eigenvalue weighted by Crippen LogP contribution is 2.53. The molecule has 0 bridgehead atoms. The van der Waals surface area contributed by atoms with Crippen molar-refractivity contribution in [2.24, 2.45) is 5.73 Å². The number of hydrogen-bond donors (Lipinski definition) is 1. The van der Waals surface area contributed by atoms with Crippen molar-refractivity contribution >= 4 is 0 Å². The van der Waals surface area contributed by atoms with Gasteiger partial charge in [-0.25, -0.2) is 0 Å². The number of nitrogens with two attached hydrogens (primary N) is 1. The second kappa shape index (κ2) is 3.89. The molecular weight excluding hydrogens is 218 g/mol. The van der Waals surface area contributed by atoms with E-state index in [2.05, 4.69) is 0 Å². The van der Waals surface area contributed by atoms with Crippen LogP contribution >= 0.6 is 0 Å². The van der Waals surface area contributed by atoms with Crippen molar-refractivity contribution in [3.05, 3.63) is 23.3 Å². The van der Waals surface area contributed by atoms with Crippen molar-refractivity contribution in [2.75, 3.05) is 20.4 Å². The van der Waals surface area contributed by atoms with Crippen LogP contribution in [0.1, 0.15) is 24.0 Å². The van der Waals surface area contributed by atoms with Crippen molar-refractivity contribution in [1.29, 1.82) is 0 Å². The highest BCUT2D eigenvalue weighted by Gasteiger charge is 2.47. The lowest BCUT2D eigenvalue weighted by Gasteiger charge is -2.26. The molecule has 1 aliphatic heterocycles. The molecule has 0 saturated heterocycles.